The molecule has 0 aliphatic heterocycles. The normalized spacial score (nSPS) is 10.1. The van der Waals surface area contributed by atoms with Crippen molar-refractivity contribution in [1.82, 2.24) is 0 Å². The van der Waals surface area contributed by atoms with Gasteiger partial charge >= 0.3 is 5.97 Å². The van der Waals surface area contributed by atoms with Gasteiger partial charge in [-0.1, -0.05) is 12.1 Å². The molecule has 26 heavy (non-hydrogen) atoms. The van der Waals surface area contributed by atoms with Crippen LogP contribution in [-0.4, -0.2) is 31.7 Å². The lowest BCUT2D eigenvalue weighted by molar-refractivity contribution is -0.147. The van der Waals surface area contributed by atoms with Crippen molar-refractivity contribution in [2.75, 3.05) is 25.1 Å². The highest BCUT2D eigenvalue weighted by Gasteiger charge is 2.10. The van der Waals surface area contributed by atoms with E-state index in [-0.39, 0.29) is 18.7 Å². The van der Waals surface area contributed by atoms with Crippen LogP contribution in [0.25, 0.3) is 0 Å². The number of amides is 1. The first-order valence-corrected chi connectivity index (χ1v) is 8.14. The van der Waals surface area contributed by atoms with E-state index in [9.17, 15) is 14.0 Å². The molecule has 0 fully saturated rings. The van der Waals surface area contributed by atoms with Gasteiger partial charge < -0.3 is 19.5 Å². The van der Waals surface area contributed by atoms with Gasteiger partial charge in [-0.15, -0.1) is 0 Å². The zero-order chi connectivity index (χ0) is 18.8. The zero-order valence-corrected chi connectivity index (χ0v) is 14.4. The van der Waals surface area contributed by atoms with Crippen molar-refractivity contribution in [3.05, 3.63) is 54.3 Å². The number of ether oxygens (including phenoxy) is 3. The van der Waals surface area contributed by atoms with Crippen LogP contribution in [-0.2, 0) is 14.3 Å². The Bertz CT molecular complexity index is 733. The highest BCUT2D eigenvalue weighted by atomic mass is 19.1. The molecule has 0 saturated carbocycles. The lowest BCUT2D eigenvalue weighted by Gasteiger charge is -2.09. The lowest BCUT2D eigenvalue weighted by atomic mass is 10.3. The van der Waals surface area contributed by atoms with Gasteiger partial charge in [0.1, 0.15) is 17.3 Å². The van der Waals surface area contributed by atoms with E-state index in [1.807, 2.05) is 6.92 Å². The van der Waals surface area contributed by atoms with Crippen molar-refractivity contribution in [3.8, 4) is 11.5 Å². The van der Waals surface area contributed by atoms with Crippen molar-refractivity contribution in [2.24, 2.45) is 0 Å². The quantitative estimate of drug-likeness (QED) is 0.695. The molecule has 0 radical (unpaired) electrons. The molecule has 2 aromatic rings. The van der Waals surface area contributed by atoms with Crippen molar-refractivity contribution >= 4 is 17.6 Å². The molecule has 0 atom stereocenters. The highest BCUT2D eigenvalue weighted by Crippen LogP contribution is 2.17. The van der Waals surface area contributed by atoms with E-state index < -0.39 is 24.3 Å². The van der Waals surface area contributed by atoms with Crippen LogP contribution in [0.4, 0.5) is 10.1 Å². The molecule has 2 aromatic carbocycles. The third-order valence-corrected chi connectivity index (χ3v) is 3.22. The molecule has 2 rings (SSSR count). The maximum absolute atomic E-state index is 13.4. The fourth-order valence-electron chi connectivity index (χ4n) is 2.02. The minimum atomic E-state index is -0.615. The number of esters is 1. The van der Waals surface area contributed by atoms with Crippen LogP contribution in [0.15, 0.2) is 48.5 Å². The molecule has 0 heterocycles. The van der Waals surface area contributed by atoms with Crippen LogP contribution in [0, 0.1) is 5.82 Å². The van der Waals surface area contributed by atoms with Gasteiger partial charge in [0.15, 0.2) is 6.61 Å². The number of nitrogens with one attached hydrogen (secondary N) is 1. The molecule has 0 saturated heterocycles. The van der Waals surface area contributed by atoms with E-state index in [4.69, 9.17) is 14.2 Å². The van der Waals surface area contributed by atoms with Gasteiger partial charge in [0.25, 0.3) is 5.91 Å². The minimum Gasteiger partial charge on any atom is -0.494 e. The molecule has 1 amide bonds. The van der Waals surface area contributed by atoms with E-state index in [2.05, 4.69) is 5.32 Å². The smallest absolute Gasteiger partial charge is 0.309 e. The van der Waals surface area contributed by atoms with Gasteiger partial charge in [0, 0.05) is 0 Å². The number of hydrogen-bond acceptors (Lipinski definition) is 5. The number of hydrogen-bond donors (Lipinski definition) is 1. The lowest BCUT2D eigenvalue weighted by Crippen LogP contribution is -2.22. The van der Waals surface area contributed by atoms with Gasteiger partial charge in [0.05, 0.1) is 25.3 Å². The molecule has 0 aliphatic carbocycles. The molecule has 0 unspecified atom stereocenters. The zero-order valence-electron chi connectivity index (χ0n) is 14.4. The van der Waals surface area contributed by atoms with Gasteiger partial charge in [-0.2, -0.15) is 0 Å². The minimum absolute atomic E-state index is 0.0137. The van der Waals surface area contributed by atoms with Crippen molar-refractivity contribution < 1.29 is 28.2 Å². The largest absolute Gasteiger partial charge is 0.494 e. The third kappa shape index (κ3) is 6.43. The number of anilines is 1. The van der Waals surface area contributed by atoms with E-state index in [0.717, 1.165) is 5.75 Å². The summed E-state index contributed by atoms with van der Waals surface area (Å²) in [5.74, 6) is -0.426. The van der Waals surface area contributed by atoms with E-state index in [1.165, 1.54) is 18.2 Å². The van der Waals surface area contributed by atoms with Gasteiger partial charge in [-0.3, -0.25) is 9.59 Å². The highest BCUT2D eigenvalue weighted by molar-refractivity contribution is 5.92. The number of carbonyl (C=O) groups is 2. The van der Waals surface area contributed by atoms with Crippen LogP contribution in [0.3, 0.4) is 0 Å². The summed E-state index contributed by atoms with van der Waals surface area (Å²) >= 11 is 0. The standard InChI is InChI=1S/C19H20FNO5/c1-2-24-14-7-9-15(10-8-14)25-12-11-19(23)26-13-18(22)21-17-6-4-3-5-16(17)20/h3-10H,2,11-13H2,1H3,(H,21,22). The van der Waals surface area contributed by atoms with E-state index >= 15 is 0 Å². The average Bonchev–Trinajstić information content (AvgIpc) is 2.64. The molecule has 138 valence electrons. The van der Waals surface area contributed by atoms with Crippen LogP contribution in [0.5, 0.6) is 11.5 Å². The van der Waals surface area contributed by atoms with Crippen molar-refractivity contribution in [1.29, 1.82) is 0 Å². The Labute approximate surface area is 150 Å². The first-order chi connectivity index (χ1) is 12.6. The second kappa shape index (κ2) is 10.0. The second-order valence-corrected chi connectivity index (χ2v) is 5.19. The second-order valence-electron chi connectivity index (χ2n) is 5.19. The first kappa shape index (κ1) is 19.2. The Morgan fingerprint density at radius 1 is 1.00 bits per heavy atom. The molecule has 6 nitrogen and oxygen atoms in total. The number of halogens is 1. The van der Waals surface area contributed by atoms with Gasteiger partial charge in [-0.25, -0.2) is 4.39 Å². The molecule has 7 heteroatoms. The number of para-hydroxylation sites is 1. The van der Waals surface area contributed by atoms with Crippen molar-refractivity contribution in [3.63, 3.8) is 0 Å². The predicted molar refractivity (Wildman–Crippen MR) is 93.7 cm³/mol. The Kier molecular flexibility index (Phi) is 7.42. The summed E-state index contributed by atoms with van der Waals surface area (Å²) in [4.78, 5) is 23.3. The predicted octanol–water partition coefficient (Wildman–Crippen LogP) is 3.18. The first-order valence-electron chi connectivity index (χ1n) is 8.14. The number of carbonyl (C=O) groups excluding carboxylic acids is 2. The summed E-state index contributed by atoms with van der Waals surface area (Å²) in [6.45, 7) is 2.10. The van der Waals surface area contributed by atoms with Crippen LogP contribution < -0.4 is 14.8 Å². The summed E-state index contributed by atoms with van der Waals surface area (Å²) in [6.07, 6.45) is -0.0137. The van der Waals surface area contributed by atoms with Crippen LogP contribution >= 0.6 is 0 Å². The summed E-state index contributed by atoms with van der Waals surface area (Å²) in [6, 6.07) is 12.7. The third-order valence-electron chi connectivity index (χ3n) is 3.22. The summed E-state index contributed by atoms with van der Waals surface area (Å²) in [5, 5.41) is 2.33. The number of rotatable bonds is 9. The van der Waals surface area contributed by atoms with Crippen LogP contribution in [0.2, 0.25) is 0 Å². The molecule has 0 aliphatic rings. The molecule has 0 spiro atoms. The van der Waals surface area contributed by atoms with Gasteiger partial charge in [-0.05, 0) is 43.3 Å². The van der Waals surface area contributed by atoms with Crippen molar-refractivity contribution in [2.45, 2.75) is 13.3 Å². The van der Waals surface area contributed by atoms with Gasteiger partial charge in [0.2, 0.25) is 0 Å². The maximum atomic E-state index is 13.4. The molecular formula is C19H20FNO5. The summed E-state index contributed by atoms with van der Waals surface area (Å²) in [7, 11) is 0. The summed E-state index contributed by atoms with van der Waals surface area (Å²) < 4.78 is 29.0. The Balaban J connectivity index is 1.65. The topological polar surface area (TPSA) is 73.9 Å². The molecule has 0 bridgehead atoms. The molecular weight excluding hydrogens is 341 g/mol. The Hall–Kier alpha value is -3.09. The maximum Gasteiger partial charge on any atom is 0.309 e. The van der Waals surface area contributed by atoms with E-state index in [0.29, 0.717) is 12.4 Å². The Morgan fingerprint density at radius 2 is 1.65 bits per heavy atom. The SMILES string of the molecule is CCOc1ccc(OCCC(=O)OCC(=O)Nc2ccccc2F)cc1. The number of benzene rings is 2. The Morgan fingerprint density at radius 3 is 2.31 bits per heavy atom. The van der Waals surface area contributed by atoms with E-state index in [1.54, 1.807) is 30.3 Å². The fourth-order valence-corrected chi connectivity index (χ4v) is 2.02. The summed E-state index contributed by atoms with van der Waals surface area (Å²) in [5.41, 5.74) is 0.0346. The monoisotopic (exact) mass is 361 g/mol. The average molecular weight is 361 g/mol. The van der Waals surface area contributed by atoms with Crippen LogP contribution in [0.1, 0.15) is 13.3 Å². The molecule has 0 aromatic heterocycles. The molecule has 1 N–H and O–H groups in total. The fraction of sp³-hybridized carbons (Fsp3) is 0.263.